The second kappa shape index (κ2) is 1.81. The summed E-state index contributed by atoms with van der Waals surface area (Å²) in [6, 6.07) is 0. The molecule has 0 aliphatic carbocycles. The first-order chi connectivity index (χ1) is 2.94. The Bertz CT molecular complexity index is 49.7. The molecule has 0 rings (SSSR count). The second-order valence-electron chi connectivity index (χ2n) is 2.47. The molecule has 0 fully saturated rings. The number of rotatable bonds is 1. The monoisotopic (exact) mass is 103 g/mol. The van der Waals surface area contributed by atoms with Crippen molar-refractivity contribution in [3.8, 4) is 0 Å². The topological polar surface area (TPSA) is 0 Å². The third-order valence-corrected chi connectivity index (χ3v) is 1.19. The van der Waals surface area contributed by atoms with E-state index in [9.17, 15) is 4.39 Å². The van der Waals surface area contributed by atoms with Crippen LogP contribution in [0.3, 0.4) is 0 Å². The maximum atomic E-state index is 12.5. The average Bonchev–Trinajstić information content (AvgIpc) is 1.31. The van der Waals surface area contributed by atoms with Crippen LogP contribution in [0, 0.1) is 5.92 Å². The standard InChI is InChI=1S/C6H12F/c1-5(2)6(3,4)7/h1-4H3. The molecule has 0 atom stereocenters. The Balaban J connectivity index is 3.54. The van der Waals surface area contributed by atoms with Gasteiger partial charge in [-0.15, -0.1) is 0 Å². The largest absolute Gasteiger partial charge is 0.244 e. The van der Waals surface area contributed by atoms with Crippen molar-refractivity contribution in [3.63, 3.8) is 0 Å². The van der Waals surface area contributed by atoms with E-state index in [2.05, 4.69) is 0 Å². The lowest BCUT2D eigenvalue weighted by Crippen LogP contribution is -2.17. The minimum absolute atomic E-state index is 0.826. The molecule has 0 nitrogen and oxygen atoms in total. The smallest absolute Gasteiger partial charge is 0.111 e. The highest BCUT2D eigenvalue weighted by Gasteiger charge is 2.20. The van der Waals surface area contributed by atoms with Crippen LogP contribution in [-0.4, -0.2) is 5.67 Å². The van der Waals surface area contributed by atoms with Crippen LogP contribution >= 0.6 is 0 Å². The first-order valence-corrected chi connectivity index (χ1v) is 2.44. The van der Waals surface area contributed by atoms with Crippen molar-refractivity contribution in [2.75, 3.05) is 0 Å². The van der Waals surface area contributed by atoms with Gasteiger partial charge < -0.3 is 0 Å². The summed E-state index contributed by atoms with van der Waals surface area (Å²) in [7, 11) is 0. The van der Waals surface area contributed by atoms with Crippen molar-refractivity contribution >= 4 is 0 Å². The van der Waals surface area contributed by atoms with Crippen molar-refractivity contribution < 1.29 is 4.39 Å². The Kier molecular flexibility index (Phi) is 1.79. The molecule has 1 heteroatoms. The molecule has 0 aliphatic rings. The Hall–Kier alpha value is -0.0700. The lowest BCUT2D eigenvalue weighted by molar-refractivity contribution is 0.236. The molecule has 0 aromatic rings. The van der Waals surface area contributed by atoms with Gasteiger partial charge in [0.1, 0.15) is 5.67 Å². The average molecular weight is 103 g/mol. The van der Waals surface area contributed by atoms with Gasteiger partial charge in [-0.2, -0.15) is 0 Å². The van der Waals surface area contributed by atoms with Gasteiger partial charge in [0.25, 0.3) is 0 Å². The number of alkyl halides is 1. The zero-order chi connectivity index (χ0) is 6.08. The van der Waals surface area contributed by atoms with Crippen LogP contribution in [0.2, 0.25) is 0 Å². The Labute approximate surface area is 44.7 Å². The van der Waals surface area contributed by atoms with Gasteiger partial charge in [0.2, 0.25) is 0 Å². The highest BCUT2D eigenvalue weighted by Crippen LogP contribution is 2.20. The zero-order valence-corrected chi connectivity index (χ0v) is 5.38. The first-order valence-electron chi connectivity index (χ1n) is 2.44. The van der Waals surface area contributed by atoms with E-state index in [0.717, 1.165) is 5.92 Å². The number of hydrogen-bond acceptors (Lipinski definition) is 0. The second-order valence-corrected chi connectivity index (χ2v) is 2.47. The van der Waals surface area contributed by atoms with Crippen LogP contribution in [0.1, 0.15) is 27.7 Å². The molecule has 0 saturated carbocycles. The normalized spacial score (nSPS) is 12.9. The Morgan fingerprint density at radius 1 is 1.29 bits per heavy atom. The Morgan fingerprint density at radius 3 is 1.43 bits per heavy atom. The van der Waals surface area contributed by atoms with E-state index in [1.165, 1.54) is 0 Å². The van der Waals surface area contributed by atoms with Crippen LogP contribution in [-0.2, 0) is 0 Å². The highest BCUT2D eigenvalue weighted by atomic mass is 19.1. The summed E-state index contributed by atoms with van der Waals surface area (Å²) in [5, 5.41) is 0. The van der Waals surface area contributed by atoms with E-state index in [1.54, 1.807) is 27.7 Å². The lowest BCUT2D eigenvalue weighted by atomic mass is 9.97. The molecule has 0 unspecified atom stereocenters. The van der Waals surface area contributed by atoms with E-state index in [0.29, 0.717) is 0 Å². The van der Waals surface area contributed by atoms with Crippen molar-refractivity contribution in [3.05, 3.63) is 5.92 Å². The highest BCUT2D eigenvalue weighted by molar-refractivity contribution is 4.95. The lowest BCUT2D eigenvalue weighted by Gasteiger charge is -2.16. The molecule has 0 aromatic heterocycles. The predicted octanol–water partition coefficient (Wildman–Crippen LogP) is 2.35. The summed E-state index contributed by atoms with van der Waals surface area (Å²) in [5.41, 5.74) is -1.08. The van der Waals surface area contributed by atoms with Crippen molar-refractivity contribution in [2.24, 2.45) is 0 Å². The maximum absolute atomic E-state index is 12.5. The third kappa shape index (κ3) is 2.60. The van der Waals surface area contributed by atoms with Gasteiger partial charge in [-0.3, -0.25) is 0 Å². The van der Waals surface area contributed by atoms with Gasteiger partial charge in [-0.1, -0.05) is 13.8 Å². The Morgan fingerprint density at radius 2 is 1.43 bits per heavy atom. The zero-order valence-electron chi connectivity index (χ0n) is 5.38. The molecule has 0 aliphatic heterocycles. The fraction of sp³-hybridized carbons (Fsp3) is 0.833. The van der Waals surface area contributed by atoms with Crippen LogP contribution in [0.4, 0.5) is 4.39 Å². The summed E-state index contributed by atoms with van der Waals surface area (Å²) in [5.74, 6) is 0.826. The van der Waals surface area contributed by atoms with E-state index >= 15 is 0 Å². The summed E-state index contributed by atoms with van der Waals surface area (Å²) in [6.07, 6.45) is 0. The predicted molar refractivity (Wildman–Crippen MR) is 29.8 cm³/mol. The molecule has 0 amide bonds. The van der Waals surface area contributed by atoms with Gasteiger partial charge in [-0.05, 0) is 13.8 Å². The van der Waals surface area contributed by atoms with Crippen LogP contribution in [0.5, 0.6) is 0 Å². The van der Waals surface area contributed by atoms with E-state index < -0.39 is 5.67 Å². The van der Waals surface area contributed by atoms with Gasteiger partial charge in [0, 0.05) is 5.92 Å². The molecule has 43 valence electrons. The SMILES string of the molecule is C[C](C)C(C)(C)F. The van der Waals surface area contributed by atoms with Gasteiger partial charge in [0.15, 0.2) is 0 Å². The van der Waals surface area contributed by atoms with Gasteiger partial charge in [0.05, 0.1) is 0 Å². The fourth-order valence-electron chi connectivity index (χ4n) is 0. The molecule has 1 radical (unpaired) electrons. The fourth-order valence-corrected chi connectivity index (χ4v) is 0. The summed E-state index contributed by atoms with van der Waals surface area (Å²) in [6.45, 7) is 6.70. The minimum Gasteiger partial charge on any atom is -0.244 e. The van der Waals surface area contributed by atoms with Crippen molar-refractivity contribution in [1.82, 2.24) is 0 Å². The molecule has 0 saturated heterocycles. The van der Waals surface area contributed by atoms with E-state index in [1.807, 2.05) is 0 Å². The molecule has 0 heterocycles. The number of hydrogen-bond donors (Lipinski definition) is 0. The van der Waals surface area contributed by atoms with Crippen LogP contribution in [0.15, 0.2) is 0 Å². The first kappa shape index (κ1) is 6.93. The van der Waals surface area contributed by atoms with E-state index in [4.69, 9.17) is 0 Å². The summed E-state index contributed by atoms with van der Waals surface area (Å²) < 4.78 is 12.5. The maximum Gasteiger partial charge on any atom is 0.111 e. The molecule has 0 aromatic carbocycles. The summed E-state index contributed by atoms with van der Waals surface area (Å²) >= 11 is 0. The van der Waals surface area contributed by atoms with Crippen molar-refractivity contribution in [1.29, 1.82) is 0 Å². The summed E-state index contributed by atoms with van der Waals surface area (Å²) in [4.78, 5) is 0. The molecular weight excluding hydrogens is 91.1 g/mol. The quantitative estimate of drug-likeness (QED) is 0.478. The minimum atomic E-state index is -1.08. The molecule has 7 heavy (non-hydrogen) atoms. The molecule has 0 bridgehead atoms. The van der Waals surface area contributed by atoms with E-state index in [-0.39, 0.29) is 0 Å². The molecule has 0 spiro atoms. The van der Waals surface area contributed by atoms with Crippen LogP contribution < -0.4 is 0 Å². The van der Waals surface area contributed by atoms with Gasteiger partial charge >= 0.3 is 0 Å². The number of halogens is 1. The molecule has 0 N–H and O–H groups in total. The van der Waals surface area contributed by atoms with Crippen LogP contribution in [0.25, 0.3) is 0 Å². The third-order valence-electron chi connectivity index (χ3n) is 1.19. The van der Waals surface area contributed by atoms with Crippen molar-refractivity contribution in [2.45, 2.75) is 33.4 Å². The molecular formula is C6H12F. The van der Waals surface area contributed by atoms with Gasteiger partial charge in [-0.25, -0.2) is 4.39 Å².